The van der Waals surface area contributed by atoms with E-state index >= 15 is 0 Å². The first-order chi connectivity index (χ1) is 8.75. The maximum absolute atomic E-state index is 11.8. The molecule has 0 aromatic carbocycles. The average Bonchev–Trinajstić information content (AvgIpc) is 2.35. The Bertz CT molecular complexity index is 315. The van der Waals surface area contributed by atoms with E-state index in [-0.39, 0.29) is 36.4 Å². The third-order valence-corrected chi connectivity index (χ3v) is 3.55. The Kier molecular flexibility index (Phi) is 7.44. The molecule has 1 amide bonds. The second-order valence-corrected chi connectivity index (χ2v) is 4.87. The molecule has 2 fully saturated rings. The van der Waals surface area contributed by atoms with Crippen LogP contribution in [-0.4, -0.2) is 56.2 Å². The van der Waals surface area contributed by atoms with Crippen LogP contribution in [0, 0.1) is 5.92 Å². The molecule has 1 saturated heterocycles. The Morgan fingerprint density at radius 2 is 2.05 bits per heavy atom. The number of morpholine rings is 1. The molecule has 0 aromatic heterocycles. The number of amides is 1. The van der Waals surface area contributed by atoms with Gasteiger partial charge in [0.15, 0.2) is 5.96 Å². The van der Waals surface area contributed by atoms with Gasteiger partial charge in [-0.15, -0.1) is 24.0 Å². The summed E-state index contributed by atoms with van der Waals surface area (Å²) in [6.45, 7) is 3.55. The van der Waals surface area contributed by atoms with Gasteiger partial charge in [-0.2, -0.15) is 0 Å². The lowest BCUT2D eigenvalue weighted by Gasteiger charge is -2.26. The zero-order chi connectivity index (χ0) is 12.8. The van der Waals surface area contributed by atoms with Crippen LogP contribution in [0.15, 0.2) is 4.99 Å². The molecule has 2 rings (SSSR count). The monoisotopic (exact) mass is 382 g/mol. The minimum atomic E-state index is 0. The summed E-state index contributed by atoms with van der Waals surface area (Å²) in [7, 11) is 0. The largest absolute Gasteiger partial charge is 0.378 e. The number of hydrogen-bond donors (Lipinski definition) is 2. The first-order valence-corrected chi connectivity index (χ1v) is 6.65. The van der Waals surface area contributed by atoms with Crippen molar-refractivity contribution in [3.63, 3.8) is 0 Å². The molecule has 0 spiro atoms. The van der Waals surface area contributed by atoms with Crippen LogP contribution in [0.2, 0.25) is 0 Å². The van der Waals surface area contributed by atoms with Gasteiger partial charge in [-0.1, -0.05) is 6.42 Å². The van der Waals surface area contributed by atoms with Gasteiger partial charge in [-0.25, -0.2) is 4.99 Å². The first kappa shape index (κ1) is 16.5. The molecule has 19 heavy (non-hydrogen) atoms. The van der Waals surface area contributed by atoms with Crippen molar-refractivity contribution in [2.75, 3.05) is 39.4 Å². The zero-order valence-electron chi connectivity index (χ0n) is 11.1. The van der Waals surface area contributed by atoms with Crippen molar-refractivity contribution in [2.24, 2.45) is 16.6 Å². The number of carbonyl (C=O) groups excluding carboxylic acids is 1. The van der Waals surface area contributed by atoms with E-state index in [4.69, 9.17) is 10.5 Å². The van der Waals surface area contributed by atoms with Gasteiger partial charge < -0.3 is 20.7 Å². The Hall–Kier alpha value is -0.570. The number of nitrogens with zero attached hydrogens (tertiary/aromatic N) is 2. The van der Waals surface area contributed by atoms with E-state index in [2.05, 4.69) is 10.3 Å². The van der Waals surface area contributed by atoms with Crippen molar-refractivity contribution in [3.05, 3.63) is 0 Å². The van der Waals surface area contributed by atoms with E-state index < -0.39 is 0 Å². The van der Waals surface area contributed by atoms with E-state index in [1.54, 1.807) is 4.90 Å². The van der Waals surface area contributed by atoms with Gasteiger partial charge >= 0.3 is 0 Å². The molecule has 0 unspecified atom stereocenters. The summed E-state index contributed by atoms with van der Waals surface area (Å²) < 4.78 is 5.19. The molecule has 0 aromatic rings. The zero-order valence-corrected chi connectivity index (χ0v) is 13.5. The summed E-state index contributed by atoms with van der Waals surface area (Å²) in [5, 5.41) is 3.08. The molecule has 0 atom stereocenters. The lowest BCUT2D eigenvalue weighted by atomic mass is 9.85. The smallest absolute Gasteiger partial charge is 0.244 e. The van der Waals surface area contributed by atoms with Gasteiger partial charge in [-0.05, 0) is 18.8 Å². The number of rotatable bonds is 4. The molecule has 6 nitrogen and oxygen atoms in total. The quantitative estimate of drug-likeness (QED) is 0.413. The molecule has 0 bridgehead atoms. The molecular formula is C12H23IN4O2. The number of aliphatic imine (C=N–C) groups is 1. The molecular weight excluding hydrogens is 359 g/mol. The Balaban J connectivity index is 0.00000180. The van der Waals surface area contributed by atoms with Crippen molar-refractivity contribution in [1.82, 2.24) is 10.2 Å². The standard InChI is InChI=1S/C12H22N4O2.HI/c13-12(14-8-10-2-1-3-10)15-9-11(17)16-4-6-18-7-5-16;/h10H,1-9H2,(H3,13,14,15);1H. The Labute approximate surface area is 131 Å². The maximum Gasteiger partial charge on any atom is 0.244 e. The number of guanidine groups is 1. The second kappa shape index (κ2) is 8.57. The molecule has 1 saturated carbocycles. The molecule has 2 aliphatic rings. The highest BCUT2D eigenvalue weighted by atomic mass is 127. The van der Waals surface area contributed by atoms with Crippen LogP contribution in [0.1, 0.15) is 19.3 Å². The minimum Gasteiger partial charge on any atom is -0.378 e. The number of ether oxygens (including phenoxy) is 1. The summed E-state index contributed by atoms with van der Waals surface area (Å²) >= 11 is 0. The van der Waals surface area contributed by atoms with E-state index in [0.29, 0.717) is 32.3 Å². The van der Waals surface area contributed by atoms with Crippen molar-refractivity contribution in [1.29, 1.82) is 0 Å². The number of hydrogen-bond acceptors (Lipinski definition) is 3. The van der Waals surface area contributed by atoms with Crippen LogP contribution >= 0.6 is 24.0 Å². The lowest BCUT2D eigenvalue weighted by molar-refractivity contribution is -0.133. The SMILES string of the molecule is I.NC(=NCC(=O)N1CCOCC1)NCC1CCC1. The fourth-order valence-electron chi connectivity index (χ4n) is 2.07. The maximum atomic E-state index is 11.8. The fourth-order valence-corrected chi connectivity index (χ4v) is 2.07. The lowest BCUT2D eigenvalue weighted by Crippen LogP contribution is -2.43. The Morgan fingerprint density at radius 1 is 1.37 bits per heavy atom. The normalized spacial score (nSPS) is 20.4. The average molecular weight is 382 g/mol. The molecule has 110 valence electrons. The predicted octanol–water partition coefficient (Wildman–Crippen LogP) is 0.168. The van der Waals surface area contributed by atoms with Gasteiger partial charge in [0.1, 0.15) is 6.54 Å². The van der Waals surface area contributed by atoms with Gasteiger partial charge in [-0.3, -0.25) is 4.79 Å². The van der Waals surface area contributed by atoms with Crippen LogP contribution in [-0.2, 0) is 9.53 Å². The first-order valence-electron chi connectivity index (χ1n) is 6.65. The van der Waals surface area contributed by atoms with E-state index in [0.717, 1.165) is 12.5 Å². The summed E-state index contributed by atoms with van der Waals surface area (Å²) in [6.07, 6.45) is 3.86. The topological polar surface area (TPSA) is 80.0 Å². The summed E-state index contributed by atoms with van der Waals surface area (Å²) in [5.41, 5.74) is 5.72. The third-order valence-electron chi connectivity index (χ3n) is 3.55. The van der Waals surface area contributed by atoms with Crippen molar-refractivity contribution in [2.45, 2.75) is 19.3 Å². The third kappa shape index (κ3) is 5.52. The number of nitrogens with one attached hydrogen (secondary N) is 1. The number of nitrogens with two attached hydrogens (primary N) is 1. The van der Waals surface area contributed by atoms with Gasteiger partial charge in [0.05, 0.1) is 13.2 Å². The number of carbonyl (C=O) groups is 1. The van der Waals surface area contributed by atoms with Crippen LogP contribution in [0.5, 0.6) is 0 Å². The van der Waals surface area contributed by atoms with Crippen molar-refractivity contribution < 1.29 is 9.53 Å². The van der Waals surface area contributed by atoms with Crippen LogP contribution < -0.4 is 11.1 Å². The van der Waals surface area contributed by atoms with Crippen molar-refractivity contribution in [3.8, 4) is 0 Å². The highest BCUT2D eigenvalue weighted by Gasteiger charge is 2.18. The molecule has 3 N–H and O–H groups in total. The summed E-state index contributed by atoms with van der Waals surface area (Å²) in [6, 6.07) is 0. The van der Waals surface area contributed by atoms with Crippen LogP contribution in [0.3, 0.4) is 0 Å². The second-order valence-electron chi connectivity index (χ2n) is 4.87. The van der Waals surface area contributed by atoms with Crippen molar-refractivity contribution >= 4 is 35.8 Å². The van der Waals surface area contributed by atoms with Crippen LogP contribution in [0.25, 0.3) is 0 Å². The minimum absolute atomic E-state index is 0. The van der Waals surface area contributed by atoms with E-state index in [1.165, 1.54) is 19.3 Å². The van der Waals surface area contributed by atoms with Gasteiger partial charge in [0.25, 0.3) is 0 Å². The highest BCUT2D eigenvalue weighted by Crippen LogP contribution is 2.24. The van der Waals surface area contributed by atoms with E-state index in [1.807, 2.05) is 0 Å². The summed E-state index contributed by atoms with van der Waals surface area (Å²) in [4.78, 5) is 17.6. The summed E-state index contributed by atoms with van der Waals surface area (Å²) in [5.74, 6) is 1.13. The van der Waals surface area contributed by atoms with Gasteiger partial charge in [0.2, 0.25) is 5.91 Å². The molecule has 7 heteroatoms. The Morgan fingerprint density at radius 3 is 2.63 bits per heavy atom. The highest BCUT2D eigenvalue weighted by molar-refractivity contribution is 14.0. The molecule has 1 heterocycles. The van der Waals surface area contributed by atoms with Gasteiger partial charge in [0, 0.05) is 19.6 Å². The van der Waals surface area contributed by atoms with E-state index in [9.17, 15) is 4.79 Å². The molecule has 0 radical (unpaired) electrons. The van der Waals surface area contributed by atoms with Crippen LogP contribution in [0.4, 0.5) is 0 Å². The fraction of sp³-hybridized carbons (Fsp3) is 0.833. The molecule has 1 aliphatic carbocycles. The predicted molar refractivity (Wildman–Crippen MR) is 84.6 cm³/mol. The number of halogens is 1. The molecule has 1 aliphatic heterocycles.